The van der Waals surface area contributed by atoms with E-state index >= 15 is 0 Å². The first kappa shape index (κ1) is 18.1. The molecule has 0 aliphatic carbocycles. The van der Waals surface area contributed by atoms with Crippen LogP contribution in [0.1, 0.15) is 47.1 Å². The van der Waals surface area contributed by atoms with E-state index in [1.54, 1.807) is 6.20 Å². The molecule has 6 nitrogen and oxygen atoms in total. The van der Waals surface area contributed by atoms with Gasteiger partial charge >= 0.3 is 0 Å². The van der Waals surface area contributed by atoms with E-state index in [2.05, 4.69) is 22.5 Å². The molecule has 0 bridgehead atoms. The average molecular weight is 377 g/mol. The van der Waals surface area contributed by atoms with Crippen LogP contribution < -0.4 is 14.8 Å². The molecule has 28 heavy (non-hydrogen) atoms. The lowest BCUT2D eigenvalue weighted by Gasteiger charge is -2.15. The van der Waals surface area contributed by atoms with Gasteiger partial charge in [-0.15, -0.1) is 0 Å². The number of amides is 1. The lowest BCUT2D eigenvalue weighted by molar-refractivity contribution is 0.0938. The third-order valence-corrected chi connectivity index (χ3v) is 4.95. The summed E-state index contributed by atoms with van der Waals surface area (Å²) in [6.07, 6.45) is 2.39. The topological polar surface area (TPSA) is 65.4 Å². The van der Waals surface area contributed by atoms with Crippen molar-refractivity contribution in [2.24, 2.45) is 0 Å². The van der Waals surface area contributed by atoms with E-state index < -0.39 is 0 Å². The highest BCUT2D eigenvalue weighted by Gasteiger charge is 2.20. The number of carbonyl (C=O) groups is 1. The van der Waals surface area contributed by atoms with Crippen molar-refractivity contribution in [3.05, 3.63) is 77.1 Å². The third kappa shape index (κ3) is 3.58. The summed E-state index contributed by atoms with van der Waals surface area (Å²) in [5.74, 6) is 1.32. The Morgan fingerprint density at radius 2 is 1.96 bits per heavy atom. The number of benzene rings is 2. The van der Waals surface area contributed by atoms with Gasteiger partial charge in [-0.1, -0.05) is 43.3 Å². The normalized spacial score (nSPS) is 13.4. The van der Waals surface area contributed by atoms with E-state index in [1.165, 1.54) is 0 Å². The number of nitrogens with zero attached hydrogens (tertiary/aromatic N) is 2. The zero-order chi connectivity index (χ0) is 19.5. The highest BCUT2D eigenvalue weighted by atomic mass is 16.7. The Kier molecular flexibility index (Phi) is 5.02. The fourth-order valence-electron chi connectivity index (χ4n) is 3.41. The van der Waals surface area contributed by atoms with Gasteiger partial charge in [0.1, 0.15) is 0 Å². The molecule has 6 heteroatoms. The number of fused-ring (bicyclic) bond motifs is 1. The predicted molar refractivity (Wildman–Crippen MR) is 106 cm³/mol. The minimum Gasteiger partial charge on any atom is -0.454 e. The summed E-state index contributed by atoms with van der Waals surface area (Å²) in [6.45, 7) is 4.88. The van der Waals surface area contributed by atoms with Gasteiger partial charge in [-0.3, -0.25) is 9.48 Å². The third-order valence-electron chi connectivity index (χ3n) is 4.95. The first-order chi connectivity index (χ1) is 13.7. The summed E-state index contributed by atoms with van der Waals surface area (Å²) in [5, 5.41) is 7.52. The molecule has 0 radical (unpaired) electrons. The molecule has 1 aliphatic heterocycles. The maximum Gasteiger partial charge on any atom is 0.255 e. The number of ether oxygens (including phenoxy) is 2. The molecular formula is C22H23N3O3. The molecule has 2 aromatic carbocycles. The van der Waals surface area contributed by atoms with Gasteiger partial charge in [0, 0.05) is 0 Å². The van der Waals surface area contributed by atoms with Crippen LogP contribution >= 0.6 is 0 Å². The van der Waals surface area contributed by atoms with E-state index in [-0.39, 0.29) is 18.7 Å². The second-order valence-electron chi connectivity index (χ2n) is 6.81. The molecule has 1 aliphatic rings. The van der Waals surface area contributed by atoms with Crippen molar-refractivity contribution in [1.29, 1.82) is 0 Å². The standard InChI is InChI=1S/C22H23N3O3/c1-3-19-18(12-23-25(19)13-16-7-5-4-6-8-16)22(26)24-15(2)17-9-10-20-21(11-17)28-14-27-20/h4-12,15H,3,13-14H2,1-2H3,(H,24,26). The van der Waals surface area contributed by atoms with Crippen LogP contribution in [0, 0.1) is 0 Å². The molecule has 4 rings (SSSR count). The van der Waals surface area contributed by atoms with E-state index in [0.717, 1.165) is 29.0 Å². The summed E-state index contributed by atoms with van der Waals surface area (Å²) in [7, 11) is 0. The van der Waals surface area contributed by atoms with E-state index in [1.807, 2.05) is 54.9 Å². The Balaban J connectivity index is 1.50. The molecule has 0 spiro atoms. The van der Waals surface area contributed by atoms with Gasteiger partial charge in [-0.25, -0.2) is 0 Å². The Morgan fingerprint density at radius 3 is 2.75 bits per heavy atom. The van der Waals surface area contributed by atoms with Crippen LogP contribution in [0.4, 0.5) is 0 Å². The quantitative estimate of drug-likeness (QED) is 0.711. The molecule has 1 unspecified atom stereocenters. The Bertz CT molecular complexity index is 982. The number of nitrogens with one attached hydrogen (secondary N) is 1. The minimum absolute atomic E-state index is 0.124. The van der Waals surface area contributed by atoms with Crippen molar-refractivity contribution in [3.8, 4) is 11.5 Å². The van der Waals surface area contributed by atoms with Gasteiger partial charge in [0.2, 0.25) is 6.79 Å². The number of rotatable bonds is 6. The van der Waals surface area contributed by atoms with Crippen molar-refractivity contribution in [3.63, 3.8) is 0 Å². The van der Waals surface area contributed by atoms with Crippen LogP contribution in [0.5, 0.6) is 11.5 Å². The highest BCUT2D eigenvalue weighted by molar-refractivity contribution is 5.95. The van der Waals surface area contributed by atoms with Crippen LogP contribution in [-0.2, 0) is 13.0 Å². The van der Waals surface area contributed by atoms with Crippen LogP contribution in [0.25, 0.3) is 0 Å². The average Bonchev–Trinajstić information content (AvgIpc) is 3.34. The monoisotopic (exact) mass is 377 g/mol. The fourth-order valence-corrected chi connectivity index (χ4v) is 3.41. The summed E-state index contributed by atoms with van der Waals surface area (Å²) < 4.78 is 12.7. The van der Waals surface area contributed by atoms with Gasteiger partial charge in [0.25, 0.3) is 5.91 Å². The molecule has 1 N–H and O–H groups in total. The Hall–Kier alpha value is -3.28. The molecule has 1 amide bonds. The van der Waals surface area contributed by atoms with E-state index in [0.29, 0.717) is 17.9 Å². The van der Waals surface area contributed by atoms with Crippen molar-refractivity contribution in [2.75, 3.05) is 6.79 Å². The van der Waals surface area contributed by atoms with Crippen molar-refractivity contribution in [2.45, 2.75) is 32.9 Å². The van der Waals surface area contributed by atoms with Gasteiger partial charge in [-0.2, -0.15) is 5.10 Å². The summed E-state index contributed by atoms with van der Waals surface area (Å²) in [5.41, 5.74) is 3.67. The minimum atomic E-state index is -0.163. The summed E-state index contributed by atoms with van der Waals surface area (Å²) in [6, 6.07) is 15.7. The molecule has 0 saturated heterocycles. The predicted octanol–water partition coefficient (Wildman–Crippen LogP) is 3.71. The lowest BCUT2D eigenvalue weighted by Crippen LogP contribution is -2.27. The van der Waals surface area contributed by atoms with Crippen LogP contribution in [0.3, 0.4) is 0 Å². The second kappa shape index (κ2) is 7.76. The highest BCUT2D eigenvalue weighted by Crippen LogP contribution is 2.34. The number of aromatic nitrogens is 2. The summed E-state index contributed by atoms with van der Waals surface area (Å²) in [4.78, 5) is 12.9. The lowest BCUT2D eigenvalue weighted by atomic mass is 10.1. The van der Waals surface area contributed by atoms with E-state index in [4.69, 9.17) is 9.47 Å². The van der Waals surface area contributed by atoms with Crippen molar-refractivity contribution in [1.82, 2.24) is 15.1 Å². The molecule has 3 aromatic rings. The fraction of sp³-hybridized carbons (Fsp3) is 0.273. The smallest absolute Gasteiger partial charge is 0.255 e. The largest absolute Gasteiger partial charge is 0.454 e. The maximum atomic E-state index is 12.9. The van der Waals surface area contributed by atoms with E-state index in [9.17, 15) is 4.79 Å². The second-order valence-corrected chi connectivity index (χ2v) is 6.81. The molecular weight excluding hydrogens is 354 g/mol. The Labute approximate surface area is 164 Å². The zero-order valence-corrected chi connectivity index (χ0v) is 16.0. The first-order valence-electron chi connectivity index (χ1n) is 9.44. The maximum absolute atomic E-state index is 12.9. The van der Waals surface area contributed by atoms with Gasteiger partial charge in [-0.05, 0) is 36.6 Å². The SMILES string of the molecule is CCc1c(C(=O)NC(C)c2ccc3c(c2)OCO3)cnn1Cc1ccccc1. The van der Waals surface area contributed by atoms with Gasteiger partial charge in [0.15, 0.2) is 11.5 Å². The molecule has 144 valence electrons. The number of hydrogen-bond acceptors (Lipinski definition) is 4. The van der Waals surface area contributed by atoms with Gasteiger partial charge < -0.3 is 14.8 Å². The molecule has 0 fully saturated rings. The molecule has 1 aromatic heterocycles. The van der Waals surface area contributed by atoms with Crippen molar-refractivity contribution >= 4 is 5.91 Å². The first-order valence-corrected chi connectivity index (χ1v) is 9.44. The Morgan fingerprint density at radius 1 is 1.18 bits per heavy atom. The van der Waals surface area contributed by atoms with Crippen LogP contribution in [0.15, 0.2) is 54.7 Å². The molecule has 0 saturated carbocycles. The number of carbonyl (C=O) groups excluding carboxylic acids is 1. The van der Waals surface area contributed by atoms with Crippen LogP contribution in [-0.4, -0.2) is 22.5 Å². The zero-order valence-electron chi connectivity index (χ0n) is 16.0. The summed E-state index contributed by atoms with van der Waals surface area (Å²) >= 11 is 0. The molecule has 1 atom stereocenters. The van der Waals surface area contributed by atoms with Crippen LogP contribution in [0.2, 0.25) is 0 Å². The van der Waals surface area contributed by atoms with Crippen molar-refractivity contribution < 1.29 is 14.3 Å². The molecule has 2 heterocycles. The number of hydrogen-bond donors (Lipinski definition) is 1. The van der Waals surface area contributed by atoms with Gasteiger partial charge in [0.05, 0.1) is 30.0 Å².